The second-order valence-corrected chi connectivity index (χ2v) is 11.3. The summed E-state index contributed by atoms with van der Waals surface area (Å²) in [4.78, 5) is 47.2. The molecule has 3 aromatic rings. The zero-order valence-corrected chi connectivity index (χ0v) is 24.3. The first kappa shape index (κ1) is 28.5. The number of urea groups is 1. The van der Waals surface area contributed by atoms with Gasteiger partial charge in [-0.3, -0.25) is 14.6 Å². The van der Waals surface area contributed by atoms with E-state index in [0.717, 1.165) is 29.8 Å². The van der Waals surface area contributed by atoms with Gasteiger partial charge in [0.2, 0.25) is 5.91 Å². The van der Waals surface area contributed by atoms with Crippen LogP contribution in [0.2, 0.25) is 0 Å². The number of amides is 4. The van der Waals surface area contributed by atoms with Gasteiger partial charge in [0.1, 0.15) is 12.2 Å². The van der Waals surface area contributed by atoms with Gasteiger partial charge in [-0.2, -0.15) is 5.01 Å². The molecule has 43 heavy (non-hydrogen) atoms. The summed E-state index contributed by atoms with van der Waals surface area (Å²) in [6.45, 7) is 7.22. The molecule has 2 atom stereocenters. The third-order valence-corrected chi connectivity index (χ3v) is 8.46. The summed E-state index contributed by atoms with van der Waals surface area (Å²) < 4.78 is 0. The van der Waals surface area contributed by atoms with E-state index in [1.807, 2.05) is 71.6 Å². The molecule has 6 rings (SSSR count). The van der Waals surface area contributed by atoms with E-state index in [0.29, 0.717) is 13.1 Å². The molecule has 3 aromatic carbocycles. The van der Waals surface area contributed by atoms with Crippen LogP contribution in [0.4, 0.5) is 10.5 Å². The molecule has 1 N–H and O–H groups in total. The molecule has 9 heteroatoms. The van der Waals surface area contributed by atoms with Crippen molar-refractivity contribution in [1.29, 1.82) is 0 Å². The summed E-state index contributed by atoms with van der Waals surface area (Å²) in [5.74, 6) is -0.305. The SMILES string of the molecule is C=CCN(C(=O)NCc1ccccc1)N1CC(=O)N2C1CN(Cc1cccc(N3CCCC3)c1)C(=O)[C@@H]2c1ccccc1. The minimum Gasteiger partial charge on any atom is -0.372 e. The van der Waals surface area contributed by atoms with Crippen LogP contribution in [-0.4, -0.2) is 76.6 Å². The molecule has 0 aliphatic carbocycles. The van der Waals surface area contributed by atoms with Crippen molar-refractivity contribution in [2.24, 2.45) is 0 Å². The van der Waals surface area contributed by atoms with Gasteiger partial charge in [0, 0.05) is 31.9 Å². The summed E-state index contributed by atoms with van der Waals surface area (Å²) in [6.07, 6.45) is 3.52. The Morgan fingerprint density at radius 3 is 2.35 bits per heavy atom. The molecule has 0 radical (unpaired) electrons. The molecule has 3 aliphatic heterocycles. The zero-order valence-electron chi connectivity index (χ0n) is 24.3. The highest BCUT2D eigenvalue weighted by molar-refractivity contribution is 5.92. The number of hydrazine groups is 1. The number of piperazine rings is 1. The molecule has 0 spiro atoms. The van der Waals surface area contributed by atoms with Gasteiger partial charge in [-0.05, 0) is 41.7 Å². The minimum atomic E-state index is -0.780. The third kappa shape index (κ3) is 5.99. The largest absolute Gasteiger partial charge is 0.372 e. The Kier molecular flexibility index (Phi) is 8.42. The summed E-state index contributed by atoms with van der Waals surface area (Å²) >= 11 is 0. The van der Waals surface area contributed by atoms with Crippen molar-refractivity contribution in [3.8, 4) is 0 Å². The molecule has 0 bridgehead atoms. The van der Waals surface area contributed by atoms with Gasteiger partial charge in [0.05, 0.1) is 19.6 Å². The van der Waals surface area contributed by atoms with Crippen LogP contribution in [0.3, 0.4) is 0 Å². The van der Waals surface area contributed by atoms with Crippen LogP contribution in [0.1, 0.15) is 35.6 Å². The zero-order chi connectivity index (χ0) is 29.8. The Hall–Kier alpha value is -4.63. The fraction of sp³-hybridized carbons (Fsp3) is 0.324. The van der Waals surface area contributed by atoms with Crippen LogP contribution in [0.15, 0.2) is 97.6 Å². The van der Waals surface area contributed by atoms with Crippen LogP contribution < -0.4 is 10.2 Å². The topological polar surface area (TPSA) is 79.4 Å². The van der Waals surface area contributed by atoms with Gasteiger partial charge in [0.15, 0.2) is 0 Å². The molecule has 1 unspecified atom stereocenters. The van der Waals surface area contributed by atoms with Gasteiger partial charge >= 0.3 is 6.03 Å². The fourth-order valence-corrected chi connectivity index (χ4v) is 6.38. The maximum atomic E-state index is 14.1. The van der Waals surface area contributed by atoms with Crippen molar-refractivity contribution in [3.05, 3.63) is 114 Å². The molecular formula is C34H38N6O3. The maximum Gasteiger partial charge on any atom is 0.332 e. The first-order valence-electron chi connectivity index (χ1n) is 15.0. The normalized spacial score (nSPS) is 20.3. The average molecular weight is 579 g/mol. The Balaban J connectivity index is 1.29. The van der Waals surface area contributed by atoms with Gasteiger partial charge in [-0.1, -0.05) is 78.9 Å². The van der Waals surface area contributed by atoms with E-state index in [-0.39, 0.29) is 37.5 Å². The lowest BCUT2D eigenvalue weighted by atomic mass is 10.00. The summed E-state index contributed by atoms with van der Waals surface area (Å²) in [7, 11) is 0. The smallest absolute Gasteiger partial charge is 0.332 e. The number of hydrogen-bond donors (Lipinski definition) is 1. The van der Waals surface area contributed by atoms with E-state index in [9.17, 15) is 14.4 Å². The van der Waals surface area contributed by atoms with Gasteiger partial charge in [0.25, 0.3) is 5.91 Å². The average Bonchev–Trinajstić information content (AvgIpc) is 3.69. The highest BCUT2D eigenvalue weighted by Gasteiger charge is 2.52. The number of carbonyl (C=O) groups is 3. The lowest BCUT2D eigenvalue weighted by molar-refractivity contribution is -0.158. The number of rotatable bonds is 9. The molecule has 0 aromatic heterocycles. The molecule has 9 nitrogen and oxygen atoms in total. The second kappa shape index (κ2) is 12.7. The number of nitrogens with one attached hydrogen (secondary N) is 1. The highest BCUT2D eigenvalue weighted by Crippen LogP contribution is 2.36. The minimum absolute atomic E-state index is 0.00778. The molecule has 0 saturated carbocycles. The summed E-state index contributed by atoms with van der Waals surface area (Å²) in [5.41, 5.74) is 3.94. The number of hydrogen-bond acceptors (Lipinski definition) is 5. The summed E-state index contributed by atoms with van der Waals surface area (Å²) in [6, 6.07) is 26.4. The first-order valence-corrected chi connectivity index (χ1v) is 15.0. The number of anilines is 1. The van der Waals surface area contributed by atoms with E-state index < -0.39 is 12.2 Å². The van der Waals surface area contributed by atoms with Crippen molar-refractivity contribution in [2.45, 2.75) is 38.1 Å². The Morgan fingerprint density at radius 2 is 1.63 bits per heavy atom. The van der Waals surface area contributed by atoms with E-state index in [1.165, 1.54) is 18.5 Å². The molecular weight excluding hydrogens is 540 g/mol. The van der Waals surface area contributed by atoms with E-state index in [4.69, 9.17) is 0 Å². The molecule has 3 heterocycles. The van der Waals surface area contributed by atoms with Crippen molar-refractivity contribution >= 4 is 23.5 Å². The Labute approximate surface area is 252 Å². The van der Waals surface area contributed by atoms with Crippen molar-refractivity contribution in [1.82, 2.24) is 25.1 Å². The predicted molar refractivity (Wildman–Crippen MR) is 165 cm³/mol. The quantitative estimate of drug-likeness (QED) is 0.386. The maximum absolute atomic E-state index is 14.1. The first-order chi connectivity index (χ1) is 21.0. The monoisotopic (exact) mass is 578 g/mol. The molecule has 3 saturated heterocycles. The van der Waals surface area contributed by atoms with Crippen LogP contribution in [0, 0.1) is 0 Å². The van der Waals surface area contributed by atoms with Gasteiger partial charge < -0.3 is 20.0 Å². The third-order valence-electron chi connectivity index (χ3n) is 8.46. The predicted octanol–water partition coefficient (Wildman–Crippen LogP) is 4.15. The molecule has 3 aliphatic rings. The number of nitrogens with zero attached hydrogens (tertiary/aromatic N) is 5. The van der Waals surface area contributed by atoms with Crippen LogP contribution in [0.5, 0.6) is 0 Å². The lowest BCUT2D eigenvalue weighted by Crippen LogP contribution is -2.62. The van der Waals surface area contributed by atoms with Crippen molar-refractivity contribution in [2.75, 3.05) is 37.6 Å². The standard InChI is InChI=1S/C34H38N6O3/c1-2-18-38(34(43)35-22-26-12-5-3-6-13-26)39-25-31(41)40-30(39)24-37(33(42)32(40)28-15-7-4-8-16-28)23-27-14-11-17-29(21-27)36-19-9-10-20-36/h2-8,11-17,21,30,32H,1,9-10,18-20,22-25H2,(H,35,43)/t30?,32-/m0/s1. The Bertz CT molecular complexity index is 1460. The van der Waals surface area contributed by atoms with Crippen molar-refractivity contribution < 1.29 is 14.4 Å². The molecule has 3 fully saturated rings. The van der Waals surface area contributed by atoms with Gasteiger partial charge in [-0.25, -0.2) is 4.79 Å². The Morgan fingerprint density at radius 1 is 0.930 bits per heavy atom. The number of carbonyl (C=O) groups excluding carboxylic acids is 3. The van der Waals surface area contributed by atoms with E-state index >= 15 is 0 Å². The van der Waals surface area contributed by atoms with Crippen LogP contribution >= 0.6 is 0 Å². The number of fused-ring (bicyclic) bond motifs is 1. The summed E-state index contributed by atoms with van der Waals surface area (Å²) in [5, 5.41) is 6.33. The second-order valence-electron chi connectivity index (χ2n) is 11.3. The molecule has 4 amide bonds. The van der Waals surface area contributed by atoms with Gasteiger partial charge in [-0.15, -0.1) is 6.58 Å². The highest BCUT2D eigenvalue weighted by atomic mass is 16.2. The lowest BCUT2D eigenvalue weighted by Gasteiger charge is -2.46. The number of benzene rings is 3. The van der Waals surface area contributed by atoms with E-state index in [1.54, 1.807) is 21.0 Å². The van der Waals surface area contributed by atoms with E-state index in [2.05, 4.69) is 35.0 Å². The van der Waals surface area contributed by atoms with Crippen LogP contribution in [0.25, 0.3) is 0 Å². The fourth-order valence-electron chi connectivity index (χ4n) is 6.38. The molecule has 222 valence electrons. The van der Waals surface area contributed by atoms with Crippen molar-refractivity contribution in [3.63, 3.8) is 0 Å². The van der Waals surface area contributed by atoms with Crippen LogP contribution in [-0.2, 0) is 22.7 Å².